The number of anilines is 1. The van der Waals surface area contributed by atoms with Crippen LogP contribution in [0.1, 0.15) is 12.5 Å². The zero-order valence-electron chi connectivity index (χ0n) is 11.2. The number of hydrogen-bond acceptors (Lipinski definition) is 3. The fourth-order valence-electron chi connectivity index (χ4n) is 1.76. The summed E-state index contributed by atoms with van der Waals surface area (Å²) in [4.78, 5) is 0.242. The third-order valence-corrected chi connectivity index (χ3v) is 4.16. The summed E-state index contributed by atoms with van der Waals surface area (Å²) in [5, 5.41) is 0. The second kappa shape index (κ2) is 6.54. The van der Waals surface area contributed by atoms with Gasteiger partial charge in [0.05, 0.1) is 17.2 Å². The SMILES string of the molecule is CCOCc1ccccc1NS(=O)(=O)c1ccccc1. The number of sulfonamides is 1. The molecular formula is C15H17NO3S. The van der Waals surface area contributed by atoms with E-state index in [2.05, 4.69) is 4.72 Å². The Bertz CT molecular complexity index is 654. The predicted octanol–water partition coefficient (Wildman–Crippen LogP) is 3.02. The molecule has 2 rings (SSSR count). The van der Waals surface area contributed by atoms with Crippen molar-refractivity contribution < 1.29 is 13.2 Å². The summed E-state index contributed by atoms with van der Waals surface area (Å²) in [6.07, 6.45) is 0. The van der Waals surface area contributed by atoms with Crippen LogP contribution in [0.5, 0.6) is 0 Å². The Balaban J connectivity index is 2.26. The summed E-state index contributed by atoms with van der Waals surface area (Å²) < 4.78 is 32.5. The first-order valence-corrected chi connectivity index (χ1v) is 7.85. The molecule has 0 fully saturated rings. The van der Waals surface area contributed by atoms with Gasteiger partial charge >= 0.3 is 0 Å². The van der Waals surface area contributed by atoms with Gasteiger partial charge in [0.15, 0.2) is 0 Å². The summed E-state index contributed by atoms with van der Waals surface area (Å²) in [6.45, 7) is 2.86. The van der Waals surface area contributed by atoms with Crippen LogP contribution in [-0.2, 0) is 21.4 Å². The first-order chi connectivity index (χ1) is 9.63. The highest BCUT2D eigenvalue weighted by Gasteiger charge is 2.15. The molecule has 0 aliphatic rings. The monoisotopic (exact) mass is 291 g/mol. The van der Waals surface area contributed by atoms with Gasteiger partial charge in [0.1, 0.15) is 0 Å². The van der Waals surface area contributed by atoms with Crippen molar-refractivity contribution in [3.8, 4) is 0 Å². The minimum absolute atomic E-state index is 0.242. The van der Waals surface area contributed by atoms with E-state index < -0.39 is 10.0 Å². The molecular weight excluding hydrogens is 274 g/mol. The van der Waals surface area contributed by atoms with Crippen LogP contribution in [-0.4, -0.2) is 15.0 Å². The quantitative estimate of drug-likeness (QED) is 0.890. The van der Waals surface area contributed by atoms with Crippen molar-refractivity contribution in [2.24, 2.45) is 0 Å². The molecule has 20 heavy (non-hydrogen) atoms. The van der Waals surface area contributed by atoms with Crippen molar-refractivity contribution in [1.82, 2.24) is 0 Å². The minimum Gasteiger partial charge on any atom is -0.377 e. The minimum atomic E-state index is -3.57. The highest BCUT2D eigenvalue weighted by Crippen LogP contribution is 2.20. The highest BCUT2D eigenvalue weighted by atomic mass is 32.2. The molecule has 0 saturated heterocycles. The predicted molar refractivity (Wildman–Crippen MR) is 79.0 cm³/mol. The van der Waals surface area contributed by atoms with Crippen LogP contribution in [0.15, 0.2) is 59.5 Å². The van der Waals surface area contributed by atoms with Gasteiger partial charge in [-0.1, -0.05) is 36.4 Å². The molecule has 0 unspecified atom stereocenters. The first kappa shape index (κ1) is 14.6. The Kier molecular flexibility index (Phi) is 4.76. The number of rotatable bonds is 6. The molecule has 2 aromatic carbocycles. The average molecular weight is 291 g/mol. The summed E-state index contributed by atoms with van der Waals surface area (Å²) in [5.74, 6) is 0. The topological polar surface area (TPSA) is 55.4 Å². The van der Waals surface area contributed by atoms with Gasteiger partial charge in [-0.15, -0.1) is 0 Å². The Hall–Kier alpha value is -1.85. The lowest BCUT2D eigenvalue weighted by Crippen LogP contribution is -2.14. The Labute approximate surface area is 119 Å². The first-order valence-electron chi connectivity index (χ1n) is 6.37. The van der Waals surface area contributed by atoms with E-state index in [1.807, 2.05) is 19.1 Å². The van der Waals surface area contributed by atoms with Crippen LogP contribution in [0.25, 0.3) is 0 Å². The summed E-state index contributed by atoms with van der Waals surface area (Å²) in [7, 11) is -3.57. The summed E-state index contributed by atoms with van der Waals surface area (Å²) in [6, 6.07) is 15.5. The Morgan fingerprint density at radius 3 is 2.35 bits per heavy atom. The summed E-state index contributed by atoms with van der Waals surface area (Å²) >= 11 is 0. The van der Waals surface area contributed by atoms with E-state index >= 15 is 0 Å². The lowest BCUT2D eigenvalue weighted by atomic mass is 10.2. The molecule has 0 radical (unpaired) electrons. The van der Waals surface area contributed by atoms with E-state index in [-0.39, 0.29) is 4.90 Å². The molecule has 0 amide bonds. The van der Waals surface area contributed by atoms with E-state index in [1.165, 1.54) is 0 Å². The summed E-state index contributed by atoms with van der Waals surface area (Å²) in [5.41, 5.74) is 1.36. The largest absolute Gasteiger partial charge is 0.377 e. The normalized spacial score (nSPS) is 11.2. The fraction of sp³-hybridized carbons (Fsp3) is 0.200. The van der Waals surface area contributed by atoms with E-state index in [0.29, 0.717) is 18.9 Å². The van der Waals surface area contributed by atoms with Gasteiger partial charge in [-0.25, -0.2) is 8.42 Å². The third-order valence-electron chi connectivity index (χ3n) is 2.78. The van der Waals surface area contributed by atoms with Gasteiger partial charge in [-0.3, -0.25) is 4.72 Å². The standard InChI is InChI=1S/C15H17NO3S/c1-2-19-12-13-8-6-7-11-15(13)16-20(17,18)14-9-4-3-5-10-14/h3-11,16H,2,12H2,1H3. The molecule has 1 N–H and O–H groups in total. The zero-order chi connectivity index (χ0) is 14.4. The van der Waals surface area contributed by atoms with Crippen molar-refractivity contribution >= 4 is 15.7 Å². The molecule has 0 bridgehead atoms. The number of hydrogen-bond donors (Lipinski definition) is 1. The van der Waals surface area contributed by atoms with Crippen molar-refractivity contribution in [2.75, 3.05) is 11.3 Å². The maximum Gasteiger partial charge on any atom is 0.261 e. The molecule has 4 nitrogen and oxygen atoms in total. The maximum atomic E-state index is 12.3. The second-order valence-electron chi connectivity index (χ2n) is 4.21. The zero-order valence-corrected chi connectivity index (χ0v) is 12.1. The molecule has 0 saturated carbocycles. The van der Waals surface area contributed by atoms with Crippen LogP contribution in [0.3, 0.4) is 0 Å². The molecule has 0 atom stereocenters. The van der Waals surface area contributed by atoms with Crippen LogP contribution in [0.2, 0.25) is 0 Å². The fourth-order valence-corrected chi connectivity index (χ4v) is 2.88. The third kappa shape index (κ3) is 3.59. The van der Waals surface area contributed by atoms with E-state index in [9.17, 15) is 8.42 Å². The van der Waals surface area contributed by atoms with Crippen LogP contribution in [0, 0.1) is 0 Å². The van der Waals surface area contributed by atoms with Gasteiger partial charge < -0.3 is 4.74 Å². The molecule has 5 heteroatoms. The maximum absolute atomic E-state index is 12.3. The van der Waals surface area contributed by atoms with Crippen molar-refractivity contribution in [1.29, 1.82) is 0 Å². The number of para-hydroxylation sites is 1. The van der Waals surface area contributed by atoms with Gasteiger partial charge in [0, 0.05) is 12.2 Å². The van der Waals surface area contributed by atoms with Gasteiger partial charge in [0.25, 0.3) is 10.0 Å². The molecule has 0 aliphatic carbocycles. The average Bonchev–Trinajstić information content (AvgIpc) is 2.47. The van der Waals surface area contributed by atoms with Crippen molar-refractivity contribution in [3.05, 3.63) is 60.2 Å². The molecule has 0 aromatic heterocycles. The van der Waals surface area contributed by atoms with E-state index in [1.54, 1.807) is 42.5 Å². The van der Waals surface area contributed by atoms with Crippen LogP contribution >= 0.6 is 0 Å². The number of nitrogens with one attached hydrogen (secondary N) is 1. The van der Waals surface area contributed by atoms with Crippen LogP contribution < -0.4 is 4.72 Å². The molecule has 0 spiro atoms. The highest BCUT2D eigenvalue weighted by molar-refractivity contribution is 7.92. The lowest BCUT2D eigenvalue weighted by molar-refractivity contribution is 0.134. The smallest absolute Gasteiger partial charge is 0.261 e. The van der Waals surface area contributed by atoms with Crippen molar-refractivity contribution in [2.45, 2.75) is 18.4 Å². The van der Waals surface area contributed by atoms with Crippen LogP contribution in [0.4, 0.5) is 5.69 Å². The molecule has 0 aliphatic heterocycles. The number of benzene rings is 2. The Morgan fingerprint density at radius 1 is 1.00 bits per heavy atom. The number of ether oxygens (including phenoxy) is 1. The lowest BCUT2D eigenvalue weighted by Gasteiger charge is -2.12. The van der Waals surface area contributed by atoms with Gasteiger partial charge in [0.2, 0.25) is 0 Å². The van der Waals surface area contributed by atoms with Gasteiger partial charge in [-0.2, -0.15) is 0 Å². The molecule has 2 aromatic rings. The van der Waals surface area contributed by atoms with E-state index in [0.717, 1.165) is 5.56 Å². The molecule has 0 heterocycles. The Morgan fingerprint density at radius 2 is 1.65 bits per heavy atom. The van der Waals surface area contributed by atoms with Crippen molar-refractivity contribution in [3.63, 3.8) is 0 Å². The molecule has 106 valence electrons. The van der Waals surface area contributed by atoms with Gasteiger partial charge in [-0.05, 0) is 25.1 Å². The second-order valence-corrected chi connectivity index (χ2v) is 5.90. The van der Waals surface area contributed by atoms with E-state index in [4.69, 9.17) is 4.74 Å².